The van der Waals surface area contributed by atoms with Gasteiger partial charge in [0.1, 0.15) is 5.82 Å². The van der Waals surface area contributed by atoms with Crippen LogP contribution in [0.15, 0.2) is 36.9 Å². The van der Waals surface area contributed by atoms with E-state index in [1.165, 1.54) is 6.08 Å². The first-order valence-electron chi connectivity index (χ1n) is 7.72. The number of aromatic nitrogens is 3. The van der Waals surface area contributed by atoms with Crippen LogP contribution < -0.4 is 10.6 Å². The molecule has 1 aromatic carbocycles. The van der Waals surface area contributed by atoms with Crippen molar-refractivity contribution in [3.8, 4) is 0 Å². The Hall–Kier alpha value is -2.96. The molecule has 1 heterocycles. The normalized spacial score (nSPS) is 10.5. The molecule has 0 radical (unpaired) electrons. The Kier molecular flexibility index (Phi) is 5.83. The highest BCUT2D eigenvalue weighted by Gasteiger charge is 2.09. The molecule has 2 amide bonds. The molecule has 0 saturated heterocycles. The van der Waals surface area contributed by atoms with Gasteiger partial charge in [-0.25, -0.2) is 4.98 Å². The van der Waals surface area contributed by atoms with Gasteiger partial charge in [-0.1, -0.05) is 26.5 Å². The van der Waals surface area contributed by atoms with Crippen LogP contribution in [0.4, 0.5) is 5.69 Å². The van der Waals surface area contributed by atoms with Gasteiger partial charge < -0.3 is 10.6 Å². The Morgan fingerprint density at radius 1 is 1.38 bits per heavy atom. The number of hydrogen-bond donors (Lipinski definition) is 3. The van der Waals surface area contributed by atoms with Crippen molar-refractivity contribution >= 4 is 17.5 Å². The number of carbonyl (C=O) groups excluding carboxylic acids is 2. The molecule has 2 rings (SSSR count). The molecular weight excluding hydrogens is 306 g/mol. The maximum atomic E-state index is 12.2. The smallest absolute Gasteiger partial charge is 0.251 e. The fraction of sp³-hybridized carbons (Fsp3) is 0.294. The average molecular weight is 327 g/mol. The van der Waals surface area contributed by atoms with E-state index in [9.17, 15) is 9.59 Å². The molecule has 126 valence electrons. The minimum atomic E-state index is -0.321. The third-order valence-corrected chi connectivity index (χ3v) is 3.29. The summed E-state index contributed by atoms with van der Waals surface area (Å²) in [5.41, 5.74) is 1.02. The molecule has 3 N–H and O–H groups in total. The summed E-state index contributed by atoms with van der Waals surface area (Å²) in [5.74, 6) is 1.23. The molecule has 0 bridgehead atoms. The van der Waals surface area contributed by atoms with Crippen LogP contribution in [0.5, 0.6) is 0 Å². The predicted molar refractivity (Wildman–Crippen MR) is 91.8 cm³/mol. The predicted octanol–water partition coefficient (Wildman–Crippen LogP) is 2.03. The largest absolute Gasteiger partial charge is 0.352 e. The molecule has 0 saturated carbocycles. The second-order valence-corrected chi connectivity index (χ2v) is 5.58. The minimum absolute atomic E-state index is 0.215. The molecule has 0 aliphatic heterocycles. The van der Waals surface area contributed by atoms with Crippen molar-refractivity contribution in [3.05, 3.63) is 54.1 Å². The summed E-state index contributed by atoms with van der Waals surface area (Å²) in [4.78, 5) is 27.8. The van der Waals surface area contributed by atoms with E-state index in [-0.39, 0.29) is 17.7 Å². The molecule has 7 heteroatoms. The average Bonchev–Trinajstić information content (AvgIpc) is 3.04. The third kappa shape index (κ3) is 4.77. The van der Waals surface area contributed by atoms with Crippen molar-refractivity contribution in [2.45, 2.75) is 26.2 Å². The van der Waals surface area contributed by atoms with Gasteiger partial charge in [-0.3, -0.25) is 14.7 Å². The molecule has 0 fully saturated rings. The van der Waals surface area contributed by atoms with Gasteiger partial charge in [0.15, 0.2) is 5.82 Å². The molecule has 0 unspecified atom stereocenters. The van der Waals surface area contributed by atoms with Crippen LogP contribution >= 0.6 is 0 Å². The SMILES string of the molecule is C=CC(=O)Nc1cccc(C(=O)NCCc2nc(C(C)C)n[nH]2)c1. The summed E-state index contributed by atoms with van der Waals surface area (Å²) in [6.45, 7) is 7.87. The number of benzene rings is 1. The fourth-order valence-corrected chi connectivity index (χ4v) is 2.01. The van der Waals surface area contributed by atoms with Gasteiger partial charge in [0.25, 0.3) is 5.91 Å². The first-order chi connectivity index (χ1) is 11.5. The maximum absolute atomic E-state index is 12.2. The number of amides is 2. The number of rotatable bonds is 7. The molecular formula is C17H21N5O2. The number of hydrogen-bond acceptors (Lipinski definition) is 4. The zero-order valence-corrected chi connectivity index (χ0v) is 13.8. The Morgan fingerprint density at radius 2 is 2.17 bits per heavy atom. The molecule has 0 spiro atoms. The van der Waals surface area contributed by atoms with E-state index in [1.807, 2.05) is 13.8 Å². The van der Waals surface area contributed by atoms with E-state index in [1.54, 1.807) is 24.3 Å². The van der Waals surface area contributed by atoms with Gasteiger partial charge >= 0.3 is 0 Å². The van der Waals surface area contributed by atoms with Gasteiger partial charge in [0, 0.05) is 30.1 Å². The van der Waals surface area contributed by atoms with Crippen LogP contribution in [0.2, 0.25) is 0 Å². The van der Waals surface area contributed by atoms with E-state index in [4.69, 9.17) is 0 Å². The molecule has 2 aromatic rings. The van der Waals surface area contributed by atoms with Gasteiger partial charge in [-0.2, -0.15) is 5.10 Å². The summed E-state index contributed by atoms with van der Waals surface area (Å²) in [6.07, 6.45) is 1.74. The Balaban J connectivity index is 1.88. The monoisotopic (exact) mass is 327 g/mol. The molecule has 1 aromatic heterocycles. The van der Waals surface area contributed by atoms with Crippen LogP contribution in [-0.2, 0) is 11.2 Å². The molecule has 0 atom stereocenters. The van der Waals surface area contributed by atoms with Crippen LogP contribution in [0, 0.1) is 0 Å². The number of H-pyrrole nitrogens is 1. The highest BCUT2D eigenvalue weighted by molar-refractivity contribution is 6.00. The molecule has 24 heavy (non-hydrogen) atoms. The lowest BCUT2D eigenvalue weighted by Gasteiger charge is -2.07. The van der Waals surface area contributed by atoms with Crippen LogP contribution in [0.3, 0.4) is 0 Å². The zero-order valence-electron chi connectivity index (χ0n) is 13.8. The topological polar surface area (TPSA) is 99.8 Å². The standard InChI is InChI=1S/C17H21N5O2/c1-4-15(23)19-13-7-5-6-12(10-13)17(24)18-9-8-14-20-16(11(2)3)22-21-14/h4-7,10-11H,1,8-9H2,2-3H3,(H,18,24)(H,19,23)(H,20,21,22). The van der Waals surface area contributed by atoms with Crippen molar-refractivity contribution < 1.29 is 9.59 Å². The maximum Gasteiger partial charge on any atom is 0.251 e. The molecule has 0 aliphatic carbocycles. The minimum Gasteiger partial charge on any atom is -0.352 e. The number of aromatic amines is 1. The van der Waals surface area contributed by atoms with Crippen molar-refractivity contribution in [2.24, 2.45) is 0 Å². The highest BCUT2D eigenvalue weighted by atomic mass is 16.2. The summed E-state index contributed by atoms with van der Waals surface area (Å²) >= 11 is 0. The van der Waals surface area contributed by atoms with Crippen LogP contribution in [0.1, 0.15) is 41.8 Å². The lowest BCUT2D eigenvalue weighted by Crippen LogP contribution is -2.26. The first-order valence-corrected chi connectivity index (χ1v) is 7.72. The second kappa shape index (κ2) is 8.05. The van der Waals surface area contributed by atoms with Crippen molar-refractivity contribution in [1.82, 2.24) is 20.5 Å². The second-order valence-electron chi connectivity index (χ2n) is 5.58. The summed E-state index contributed by atoms with van der Waals surface area (Å²) in [6, 6.07) is 6.71. The highest BCUT2D eigenvalue weighted by Crippen LogP contribution is 2.11. The quantitative estimate of drug-likeness (QED) is 0.677. The molecule has 0 aliphatic rings. The lowest BCUT2D eigenvalue weighted by molar-refractivity contribution is -0.111. The Labute approximate surface area is 140 Å². The van der Waals surface area contributed by atoms with E-state index in [0.29, 0.717) is 24.2 Å². The van der Waals surface area contributed by atoms with Crippen molar-refractivity contribution in [1.29, 1.82) is 0 Å². The number of carbonyl (C=O) groups is 2. The van der Waals surface area contributed by atoms with E-state index in [2.05, 4.69) is 32.4 Å². The lowest BCUT2D eigenvalue weighted by atomic mass is 10.2. The van der Waals surface area contributed by atoms with Crippen molar-refractivity contribution in [2.75, 3.05) is 11.9 Å². The Morgan fingerprint density at radius 3 is 2.83 bits per heavy atom. The van der Waals surface area contributed by atoms with Crippen molar-refractivity contribution in [3.63, 3.8) is 0 Å². The summed E-state index contributed by atoms with van der Waals surface area (Å²) in [5, 5.41) is 12.4. The summed E-state index contributed by atoms with van der Waals surface area (Å²) in [7, 11) is 0. The zero-order chi connectivity index (χ0) is 17.5. The van der Waals surface area contributed by atoms with Gasteiger partial charge in [-0.05, 0) is 24.3 Å². The van der Waals surface area contributed by atoms with E-state index in [0.717, 1.165) is 11.6 Å². The number of nitrogens with one attached hydrogen (secondary N) is 3. The third-order valence-electron chi connectivity index (χ3n) is 3.29. The first kappa shape index (κ1) is 17.4. The fourth-order valence-electron chi connectivity index (χ4n) is 2.01. The van der Waals surface area contributed by atoms with E-state index >= 15 is 0 Å². The molecule has 7 nitrogen and oxygen atoms in total. The van der Waals surface area contributed by atoms with Gasteiger partial charge in [-0.15, -0.1) is 0 Å². The van der Waals surface area contributed by atoms with Gasteiger partial charge in [0.05, 0.1) is 0 Å². The Bertz CT molecular complexity index is 736. The number of anilines is 1. The summed E-state index contributed by atoms with van der Waals surface area (Å²) < 4.78 is 0. The number of nitrogens with zero attached hydrogens (tertiary/aromatic N) is 2. The van der Waals surface area contributed by atoms with Crippen LogP contribution in [0.25, 0.3) is 0 Å². The van der Waals surface area contributed by atoms with Gasteiger partial charge in [0.2, 0.25) is 5.91 Å². The van der Waals surface area contributed by atoms with E-state index < -0.39 is 0 Å². The van der Waals surface area contributed by atoms with Crippen LogP contribution in [-0.4, -0.2) is 33.5 Å².